The average Bonchev–Trinajstić information content (AvgIpc) is 2.41. The molecule has 0 amide bonds. The van der Waals surface area contributed by atoms with Crippen LogP contribution in [0, 0.1) is 11.6 Å². The summed E-state index contributed by atoms with van der Waals surface area (Å²) in [6, 6.07) is 10.1. The maximum atomic E-state index is 13.9. The number of hydrogen-bond acceptors (Lipinski definition) is 2. The Bertz CT molecular complexity index is 555. The maximum absolute atomic E-state index is 13.9. The third kappa shape index (κ3) is 3.09. The minimum absolute atomic E-state index is 0.184. The van der Waals surface area contributed by atoms with Crippen molar-refractivity contribution in [2.24, 2.45) is 0 Å². The molecule has 0 radical (unpaired) electrons. The lowest BCUT2D eigenvalue weighted by molar-refractivity contribution is 0.451. The SMILES string of the molecule is CNC(C)c1c(F)cccc1Oc1ccc(F)cc1. The van der Waals surface area contributed by atoms with Gasteiger partial charge >= 0.3 is 0 Å². The van der Waals surface area contributed by atoms with E-state index in [2.05, 4.69) is 5.32 Å². The molecule has 2 aromatic carbocycles. The van der Waals surface area contributed by atoms with Crippen LogP contribution >= 0.6 is 0 Å². The summed E-state index contributed by atoms with van der Waals surface area (Å²) in [7, 11) is 1.75. The molecule has 0 fully saturated rings. The Morgan fingerprint density at radius 3 is 2.37 bits per heavy atom. The van der Waals surface area contributed by atoms with Crippen LogP contribution in [0.5, 0.6) is 11.5 Å². The minimum atomic E-state index is -0.338. The second kappa shape index (κ2) is 5.80. The van der Waals surface area contributed by atoms with Crippen LogP contribution in [-0.2, 0) is 0 Å². The van der Waals surface area contributed by atoms with Crippen LogP contribution in [0.4, 0.5) is 8.78 Å². The molecule has 0 aliphatic rings. The van der Waals surface area contributed by atoms with E-state index in [0.29, 0.717) is 17.1 Å². The first-order valence-corrected chi connectivity index (χ1v) is 6.01. The summed E-state index contributed by atoms with van der Waals surface area (Å²) in [5.41, 5.74) is 0.453. The van der Waals surface area contributed by atoms with Crippen molar-refractivity contribution in [3.8, 4) is 11.5 Å². The van der Waals surface area contributed by atoms with Gasteiger partial charge < -0.3 is 10.1 Å². The van der Waals surface area contributed by atoms with Crippen molar-refractivity contribution < 1.29 is 13.5 Å². The molecule has 4 heteroatoms. The number of rotatable bonds is 4. The average molecular weight is 263 g/mol. The number of benzene rings is 2. The zero-order valence-corrected chi connectivity index (χ0v) is 10.8. The summed E-state index contributed by atoms with van der Waals surface area (Å²) in [6.45, 7) is 1.84. The van der Waals surface area contributed by atoms with Crippen molar-refractivity contribution >= 4 is 0 Å². The van der Waals surface area contributed by atoms with Gasteiger partial charge in [-0.2, -0.15) is 0 Å². The molecule has 0 aromatic heterocycles. The maximum Gasteiger partial charge on any atom is 0.135 e. The van der Waals surface area contributed by atoms with Gasteiger partial charge in [0.2, 0.25) is 0 Å². The Hall–Kier alpha value is -1.94. The normalized spacial score (nSPS) is 12.2. The first-order chi connectivity index (χ1) is 9.11. The lowest BCUT2D eigenvalue weighted by Gasteiger charge is -2.17. The van der Waals surface area contributed by atoms with Gasteiger partial charge in [0.15, 0.2) is 0 Å². The number of nitrogens with one attached hydrogen (secondary N) is 1. The Kier molecular flexibility index (Phi) is 4.12. The molecule has 0 saturated carbocycles. The standard InChI is InChI=1S/C15H15F2NO/c1-10(18-2)15-13(17)4-3-5-14(15)19-12-8-6-11(16)7-9-12/h3-10,18H,1-2H3. The third-order valence-electron chi connectivity index (χ3n) is 2.92. The highest BCUT2D eigenvalue weighted by Gasteiger charge is 2.15. The molecule has 2 rings (SSSR count). The molecule has 1 unspecified atom stereocenters. The van der Waals surface area contributed by atoms with Gasteiger partial charge in [0, 0.05) is 11.6 Å². The molecular weight excluding hydrogens is 248 g/mol. The molecule has 100 valence electrons. The van der Waals surface area contributed by atoms with Crippen molar-refractivity contribution in [1.82, 2.24) is 5.32 Å². The van der Waals surface area contributed by atoms with Crippen molar-refractivity contribution in [2.45, 2.75) is 13.0 Å². The van der Waals surface area contributed by atoms with Gasteiger partial charge in [0.05, 0.1) is 0 Å². The fourth-order valence-electron chi connectivity index (χ4n) is 1.80. The smallest absolute Gasteiger partial charge is 0.135 e. The van der Waals surface area contributed by atoms with Crippen molar-refractivity contribution in [2.75, 3.05) is 7.05 Å². The molecule has 0 heterocycles. The lowest BCUT2D eigenvalue weighted by Crippen LogP contribution is -2.14. The topological polar surface area (TPSA) is 21.3 Å². The van der Waals surface area contributed by atoms with Gasteiger partial charge in [-0.15, -0.1) is 0 Å². The predicted octanol–water partition coefficient (Wildman–Crippen LogP) is 4.04. The fourth-order valence-corrected chi connectivity index (χ4v) is 1.80. The van der Waals surface area contributed by atoms with Crippen molar-refractivity contribution in [3.05, 3.63) is 59.7 Å². The van der Waals surface area contributed by atoms with Crippen LogP contribution in [0.3, 0.4) is 0 Å². The quantitative estimate of drug-likeness (QED) is 0.899. The van der Waals surface area contributed by atoms with E-state index >= 15 is 0 Å². The summed E-state index contributed by atoms with van der Waals surface area (Å²) in [5.74, 6) is 0.224. The molecule has 0 aliphatic heterocycles. The Balaban J connectivity index is 2.34. The summed E-state index contributed by atoms with van der Waals surface area (Å²) in [5, 5.41) is 2.98. The van der Waals surface area contributed by atoms with Gasteiger partial charge in [-0.3, -0.25) is 0 Å². The van der Waals surface area contributed by atoms with Crippen molar-refractivity contribution in [1.29, 1.82) is 0 Å². The first-order valence-electron chi connectivity index (χ1n) is 6.01. The predicted molar refractivity (Wildman–Crippen MR) is 70.3 cm³/mol. The molecule has 0 aliphatic carbocycles. The number of hydrogen-bond donors (Lipinski definition) is 1. The number of halogens is 2. The van der Waals surface area contributed by atoms with Gasteiger partial charge in [-0.05, 0) is 50.4 Å². The molecule has 2 aromatic rings. The van der Waals surface area contributed by atoms with E-state index < -0.39 is 0 Å². The molecule has 0 saturated heterocycles. The van der Waals surface area contributed by atoms with Crippen LogP contribution in [0.25, 0.3) is 0 Å². The zero-order chi connectivity index (χ0) is 13.8. The first kappa shape index (κ1) is 13.5. The molecule has 19 heavy (non-hydrogen) atoms. The second-order valence-electron chi connectivity index (χ2n) is 4.22. The number of ether oxygens (including phenoxy) is 1. The highest BCUT2D eigenvalue weighted by molar-refractivity contribution is 5.40. The van der Waals surface area contributed by atoms with E-state index in [9.17, 15) is 8.78 Å². The van der Waals surface area contributed by atoms with Gasteiger partial charge in [0.25, 0.3) is 0 Å². The monoisotopic (exact) mass is 263 g/mol. The second-order valence-corrected chi connectivity index (χ2v) is 4.22. The molecule has 1 N–H and O–H groups in total. The molecule has 2 nitrogen and oxygen atoms in total. The van der Waals surface area contributed by atoms with Crippen LogP contribution in [-0.4, -0.2) is 7.05 Å². The summed E-state index contributed by atoms with van der Waals surface area (Å²) in [6.07, 6.45) is 0. The highest BCUT2D eigenvalue weighted by atomic mass is 19.1. The zero-order valence-electron chi connectivity index (χ0n) is 10.8. The summed E-state index contributed by atoms with van der Waals surface area (Å²) >= 11 is 0. The highest BCUT2D eigenvalue weighted by Crippen LogP contribution is 2.31. The molecule has 1 atom stereocenters. The van der Waals surface area contributed by atoms with Crippen LogP contribution in [0.1, 0.15) is 18.5 Å². The van der Waals surface area contributed by atoms with Gasteiger partial charge in [-0.1, -0.05) is 6.07 Å². The fraction of sp³-hybridized carbons (Fsp3) is 0.200. The van der Waals surface area contributed by atoms with Crippen LogP contribution in [0.2, 0.25) is 0 Å². The van der Waals surface area contributed by atoms with E-state index in [1.165, 1.54) is 30.3 Å². The molecule has 0 bridgehead atoms. The Morgan fingerprint density at radius 2 is 1.74 bits per heavy atom. The van der Waals surface area contributed by atoms with Gasteiger partial charge in [0.1, 0.15) is 23.1 Å². The Labute approximate surface area is 111 Å². The van der Waals surface area contributed by atoms with E-state index in [0.717, 1.165) is 0 Å². The third-order valence-corrected chi connectivity index (χ3v) is 2.92. The molecular formula is C15H15F2NO. The van der Waals surface area contributed by atoms with E-state index in [-0.39, 0.29) is 17.7 Å². The van der Waals surface area contributed by atoms with Crippen LogP contribution in [0.15, 0.2) is 42.5 Å². The summed E-state index contributed by atoms with van der Waals surface area (Å²) in [4.78, 5) is 0. The van der Waals surface area contributed by atoms with E-state index in [1.807, 2.05) is 6.92 Å². The lowest BCUT2D eigenvalue weighted by atomic mass is 10.1. The van der Waals surface area contributed by atoms with Gasteiger partial charge in [-0.25, -0.2) is 8.78 Å². The van der Waals surface area contributed by atoms with E-state index in [1.54, 1.807) is 19.2 Å². The Morgan fingerprint density at radius 1 is 1.05 bits per heavy atom. The largest absolute Gasteiger partial charge is 0.457 e. The minimum Gasteiger partial charge on any atom is -0.457 e. The van der Waals surface area contributed by atoms with E-state index in [4.69, 9.17) is 4.74 Å². The van der Waals surface area contributed by atoms with Crippen molar-refractivity contribution in [3.63, 3.8) is 0 Å². The molecule has 0 spiro atoms. The van der Waals surface area contributed by atoms with Crippen LogP contribution < -0.4 is 10.1 Å². The summed E-state index contributed by atoms with van der Waals surface area (Å²) < 4.78 is 32.3.